The van der Waals surface area contributed by atoms with E-state index in [4.69, 9.17) is 16.2 Å². The minimum Gasteiger partial charge on any atom is -0.497 e. The third-order valence-corrected chi connectivity index (χ3v) is 4.87. The highest BCUT2D eigenvalue weighted by molar-refractivity contribution is 5.89. The van der Waals surface area contributed by atoms with Crippen molar-refractivity contribution in [1.82, 2.24) is 0 Å². The number of benzene rings is 3. The fourth-order valence-corrected chi connectivity index (χ4v) is 3.19. The largest absolute Gasteiger partial charge is 0.497 e. The lowest BCUT2D eigenvalue weighted by molar-refractivity contribution is -0.137. The molecule has 6 nitrogen and oxygen atoms in total. The molecule has 0 heterocycles. The number of ether oxygens (including phenoxy) is 2. The molecule has 0 amide bonds. The zero-order valence-corrected chi connectivity index (χ0v) is 17.9. The molecule has 0 radical (unpaired) electrons. The van der Waals surface area contributed by atoms with Crippen LogP contribution in [0.4, 0.5) is 18.9 Å². The summed E-state index contributed by atoms with van der Waals surface area (Å²) in [5.41, 5.74) is 13.2. The van der Waals surface area contributed by atoms with E-state index < -0.39 is 17.7 Å². The van der Waals surface area contributed by atoms with Gasteiger partial charge in [-0.25, -0.2) is 4.79 Å². The molecule has 172 valence electrons. The van der Waals surface area contributed by atoms with Gasteiger partial charge < -0.3 is 26.3 Å². The van der Waals surface area contributed by atoms with Crippen LogP contribution in [0.3, 0.4) is 0 Å². The topological polar surface area (TPSA) is 99.6 Å². The van der Waals surface area contributed by atoms with Gasteiger partial charge in [0.2, 0.25) is 0 Å². The van der Waals surface area contributed by atoms with Crippen molar-refractivity contribution in [3.8, 4) is 5.75 Å². The smallest absolute Gasteiger partial charge is 0.416 e. The Labute approximate surface area is 187 Å². The first-order valence-corrected chi connectivity index (χ1v) is 9.70. The normalized spacial score (nSPS) is 13.1. The average molecular weight is 457 g/mol. The summed E-state index contributed by atoms with van der Waals surface area (Å²) in [6.07, 6.45) is -4.55. The van der Waals surface area contributed by atoms with Gasteiger partial charge in [-0.1, -0.05) is 36.4 Å². The van der Waals surface area contributed by atoms with Crippen molar-refractivity contribution in [2.45, 2.75) is 6.18 Å². The molecule has 0 atom stereocenters. The highest BCUT2D eigenvalue weighted by atomic mass is 19.4. The van der Waals surface area contributed by atoms with Crippen LogP contribution in [0.5, 0.6) is 5.75 Å². The van der Waals surface area contributed by atoms with Gasteiger partial charge in [-0.15, -0.1) is 0 Å². The Balaban J connectivity index is 2.10. The molecular formula is C24H22F3N3O3. The van der Waals surface area contributed by atoms with Gasteiger partial charge in [0.25, 0.3) is 0 Å². The Kier molecular flexibility index (Phi) is 6.81. The Hall–Kier alpha value is -4.14. The molecule has 0 aliphatic carbocycles. The zero-order valence-electron chi connectivity index (χ0n) is 17.9. The van der Waals surface area contributed by atoms with Crippen molar-refractivity contribution in [3.63, 3.8) is 0 Å². The summed E-state index contributed by atoms with van der Waals surface area (Å²) >= 11 is 0. The molecule has 0 saturated carbocycles. The van der Waals surface area contributed by atoms with Crippen LogP contribution in [0.2, 0.25) is 0 Å². The van der Waals surface area contributed by atoms with E-state index in [0.29, 0.717) is 27.3 Å². The predicted molar refractivity (Wildman–Crippen MR) is 119 cm³/mol. The Morgan fingerprint density at radius 1 is 0.879 bits per heavy atom. The molecule has 0 unspecified atom stereocenters. The maximum Gasteiger partial charge on any atom is 0.416 e. The maximum atomic E-state index is 13.2. The quantitative estimate of drug-likeness (QED) is 0.510. The molecule has 9 heteroatoms. The minimum atomic E-state index is -4.55. The SMILES string of the molecule is COC(=O)c1ccc(/C(N)=c2\cccc\c2=C(\N)Nc2cc(OC)cc(C(F)(F)F)c2)cc1. The molecule has 3 aromatic carbocycles. The van der Waals surface area contributed by atoms with Crippen molar-refractivity contribution >= 4 is 23.2 Å². The van der Waals surface area contributed by atoms with Gasteiger partial charge in [0.15, 0.2) is 0 Å². The zero-order chi connectivity index (χ0) is 24.2. The van der Waals surface area contributed by atoms with E-state index in [1.807, 2.05) is 0 Å². The van der Waals surface area contributed by atoms with E-state index in [1.54, 1.807) is 48.5 Å². The van der Waals surface area contributed by atoms with Crippen molar-refractivity contribution in [1.29, 1.82) is 0 Å². The number of anilines is 1. The molecule has 0 aliphatic rings. The number of hydrogen-bond donors (Lipinski definition) is 3. The predicted octanol–water partition coefficient (Wildman–Crippen LogP) is 2.75. The van der Waals surface area contributed by atoms with Crippen LogP contribution in [0.25, 0.3) is 11.5 Å². The summed E-state index contributed by atoms with van der Waals surface area (Å²) in [5.74, 6) is -0.342. The van der Waals surface area contributed by atoms with Crippen molar-refractivity contribution < 1.29 is 27.4 Å². The second kappa shape index (κ2) is 9.56. The number of nitrogens with two attached hydrogens (primary N) is 2. The number of carbonyl (C=O) groups excluding carboxylic acids is 1. The molecule has 0 bridgehead atoms. The van der Waals surface area contributed by atoms with Crippen LogP contribution in [0, 0.1) is 0 Å². The third kappa shape index (κ3) is 5.38. The number of hydrogen-bond acceptors (Lipinski definition) is 6. The molecule has 0 spiro atoms. The Morgan fingerprint density at radius 3 is 2.06 bits per heavy atom. The summed E-state index contributed by atoms with van der Waals surface area (Å²) in [6, 6.07) is 16.7. The van der Waals surface area contributed by atoms with Gasteiger partial charge in [0.1, 0.15) is 11.6 Å². The molecule has 0 saturated heterocycles. The van der Waals surface area contributed by atoms with Gasteiger partial charge in [-0.2, -0.15) is 13.2 Å². The number of halogens is 3. The molecule has 0 aliphatic heterocycles. The van der Waals surface area contributed by atoms with Crippen molar-refractivity contribution in [2.75, 3.05) is 19.5 Å². The van der Waals surface area contributed by atoms with Crippen LogP contribution >= 0.6 is 0 Å². The molecule has 0 fully saturated rings. The molecule has 5 N–H and O–H groups in total. The molecule has 0 aromatic heterocycles. The highest BCUT2D eigenvalue weighted by Gasteiger charge is 2.31. The first kappa shape index (κ1) is 23.5. The van der Waals surface area contributed by atoms with Crippen LogP contribution in [-0.2, 0) is 10.9 Å². The lowest BCUT2D eigenvalue weighted by Crippen LogP contribution is -2.35. The van der Waals surface area contributed by atoms with Crippen LogP contribution in [0.1, 0.15) is 21.5 Å². The molecule has 3 aromatic rings. The monoisotopic (exact) mass is 457 g/mol. The Bertz CT molecular complexity index is 1290. The second-order valence-electron chi connectivity index (χ2n) is 7.01. The maximum absolute atomic E-state index is 13.2. The van der Waals surface area contributed by atoms with Gasteiger partial charge >= 0.3 is 12.1 Å². The highest BCUT2D eigenvalue weighted by Crippen LogP contribution is 2.34. The summed E-state index contributed by atoms with van der Waals surface area (Å²) < 4.78 is 49.4. The van der Waals surface area contributed by atoms with E-state index in [-0.39, 0.29) is 17.3 Å². The molecule has 3 rings (SSSR count). The lowest BCUT2D eigenvalue weighted by Gasteiger charge is -2.13. The minimum absolute atomic E-state index is 0.0326. The van der Waals surface area contributed by atoms with E-state index in [0.717, 1.165) is 12.1 Å². The molecular weight excluding hydrogens is 435 g/mol. The number of esters is 1. The number of rotatable bonds is 5. The van der Waals surface area contributed by atoms with E-state index in [2.05, 4.69) is 10.1 Å². The number of carbonyl (C=O) groups is 1. The lowest BCUT2D eigenvalue weighted by atomic mass is 10.1. The average Bonchev–Trinajstić information content (AvgIpc) is 2.82. The second-order valence-corrected chi connectivity index (χ2v) is 7.01. The van der Waals surface area contributed by atoms with Crippen LogP contribution in [-0.4, -0.2) is 20.2 Å². The third-order valence-electron chi connectivity index (χ3n) is 4.87. The number of nitrogens with one attached hydrogen (secondary N) is 1. The first-order valence-electron chi connectivity index (χ1n) is 9.70. The van der Waals surface area contributed by atoms with Gasteiger partial charge in [-0.05, 0) is 29.8 Å². The van der Waals surface area contributed by atoms with E-state index >= 15 is 0 Å². The standard InChI is InChI=1S/C24H22F3N3O3/c1-32-18-12-16(24(25,26)27)11-17(13-18)30-22(29)20-6-4-3-5-19(20)21(28)14-7-9-15(10-8-14)23(31)33-2/h3-13,30H,28-29H2,1-2H3/b21-19-,22-20+. The van der Waals surface area contributed by atoms with E-state index in [9.17, 15) is 18.0 Å². The Morgan fingerprint density at radius 2 is 1.48 bits per heavy atom. The van der Waals surface area contributed by atoms with Crippen molar-refractivity contribution in [2.24, 2.45) is 11.5 Å². The number of alkyl halides is 3. The first-order chi connectivity index (χ1) is 15.6. The summed E-state index contributed by atoms with van der Waals surface area (Å²) in [6.45, 7) is 0. The van der Waals surface area contributed by atoms with Crippen LogP contribution < -0.4 is 32.0 Å². The van der Waals surface area contributed by atoms with Gasteiger partial charge in [-0.3, -0.25) is 0 Å². The number of methoxy groups -OCH3 is 2. The van der Waals surface area contributed by atoms with Gasteiger partial charge in [0, 0.05) is 27.9 Å². The summed E-state index contributed by atoms with van der Waals surface area (Å²) in [7, 11) is 2.57. The fraction of sp³-hybridized carbons (Fsp3) is 0.125. The van der Waals surface area contributed by atoms with Gasteiger partial charge in [0.05, 0.1) is 25.3 Å². The summed E-state index contributed by atoms with van der Waals surface area (Å²) in [4.78, 5) is 11.6. The van der Waals surface area contributed by atoms with Crippen molar-refractivity contribution in [3.05, 3.63) is 93.9 Å². The fourth-order valence-electron chi connectivity index (χ4n) is 3.19. The summed E-state index contributed by atoms with van der Waals surface area (Å²) in [5, 5.41) is 3.86. The molecule has 33 heavy (non-hydrogen) atoms. The van der Waals surface area contributed by atoms with E-state index in [1.165, 1.54) is 20.3 Å². The van der Waals surface area contributed by atoms with Crippen LogP contribution in [0.15, 0.2) is 66.7 Å².